The van der Waals surface area contributed by atoms with Crippen molar-refractivity contribution in [2.75, 3.05) is 26.2 Å². The van der Waals surface area contributed by atoms with Crippen molar-refractivity contribution in [3.63, 3.8) is 0 Å². The molecular formula is C19H25FN2O3. The van der Waals surface area contributed by atoms with Gasteiger partial charge in [-0.15, -0.1) is 0 Å². The summed E-state index contributed by atoms with van der Waals surface area (Å²) in [5.74, 6) is -1.10. The Morgan fingerprint density at radius 3 is 2.44 bits per heavy atom. The van der Waals surface area contributed by atoms with Gasteiger partial charge < -0.3 is 10.0 Å². The fourth-order valence-electron chi connectivity index (χ4n) is 3.98. The topological polar surface area (TPSA) is 60.9 Å². The standard InChI is InChI=1S/C19H25FN2O3/c1-2-21(13-17(23)24)14-7-11-22(12-8-14)18(25)19(9-10-19)15-5-3-4-6-16(15)20/h3-6,14H,2,7-13H2,1H3,(H,23,24). The van der Waals surface area contributed by atoms with E-state index in [1.165, 1.54) is 6.07 Å². The summed E-state index contributed by atoms with van der Waals surface area (Å²) >= 11 is 0. The van der Waals surface area contributed by atoms with Crippen LogP contribution in [-0.2, 0) is 15.0 Å². The lowest BCUT2D eigenvalue weighted by molar-refractivity contribution is -0.140. The molecule has 1 aromatic rings. The molecule has 1 heterocycles. The third-order valence-electron chi connectivity index (χ3n) is 5.56. The predicted octanol–water partition coefficient (Wildman–Crippen LogP) is 2.25. The van der Waals surface area contributed by atoms with E-state index < -0.39 is 11.4 Å². The van der Waals surface area contributed by atoms with Crippen molar-refractivity contribution < 1.29 is 19.1 Å². The molecule has 1 N–H and O–H groups in total. The van der Waals surface area contributed by atoms with Gasteiger partial charge in [0.15, 0.2) is 0 Å². The summed E-state index contributed by atoms with van der Waals surface area (Å²) in [5, 5.41) is 9.01. The Labute approximate surface area is 147 Å². The number of hydrogen-bond acceptors (Lipinski definition) is 3. The number of halogens is 1. The quantitative estimate of drug-likeness (QED) is 0.857. The van der Waals surface area contributed by atoms with E-state index in [0.717, 1.165) is 12.8 Å². The Morgan fingerprint density at radius 1 is 1.28 bits per heavy atom. The zero-order valence-electron chi connectivity index (χ0n) is 14.6. The summed E-state index contributed by atoms with van der Waals surface area (Å²) in [4.78, 5) is 27.8. The van der Waals surface area contributed by atoms with Crippen LogP contribution in [0.15, 0.2) is 24.3 Å². The summed E-state index contributed by atoms with van der Waals surface area (Å²) in [7, 11) is 0. The van der Waals surface area contributed by atoms with Crippen LogP contribution in [0.3, 0.4) is 0 Å². The predicted molar refractivity (Wildman–Crippen MR) is 91.8 cm³/mol. The van der Waals surface area contributed by atoms with Crippen LogP contribution in [0.4, 0.5) is 4.39 Å². The van der Waals surface area contributed by atoms with Gasteiger partial charge in [-0.25, -0.2) is 4.39 Å². The molecule has 1 saturated carbocycles. The molecule has 1 saturated heterocycles. The van der Waals surface area contributed by atoms with Crippen molar-refractivity contribution in [2.24, 2.45) is 0 Å². The van der Waals surface area contributed by atoms with E-state index in [0.29, 0.717) is 38.0 Å². The van der Waals surface area contributed by atoms with E-state index in [2.05, 4.69) is 0 Å². The lowest BCUT2D eigenvalue weighted by atomic mass is 9.92. The number of benzene rings is 1. The van der Waals surface area contributed by atoms with Gasteiger partial charge in [-0.05, 0) is 38.3 Å². The van der Waals surface area contributed by atoms with E-state index in [1.807, 2.05) is 16.7 Å². The van der Waals surface area contributed by atoms with Gasteiger partial charge >= 0.3 is 5.97 Å². The number of likely N-dealkylation sites (tertiary alicyclic amines) is 1. The highest BCUT2D eigenvalue weighted by molar-refractivity contribution is 5.91. The van der Waals surface area contributed by atoms with E-state index >= 15 is 0 Å². The molecule has 1 aliphatic heterocycles. The maximum atomic E-state index is 14.2. The van der Waals surface area contributed by atoms with Gasteiger partial charge in [-0.2, -0.15) is 0 Å². The van der Waals surface area contributed by atoms with Gasteiger partial charge in [-0.1, -0.05) is 25.1 Å². The highest BCUT2D eigenvalue weighted by atomic mass is 19.1. The number of hydrogen-bond donors (Lipinski definition) is 1. The third kappa shape index (κ3) is 3.54. The van der Waals surface area contributed by atoms with Crippen molar-refractivity contribution in [3.05, 3.63) is 35.6 Å². The smallest absolute Gasteiger partial charge is 0.317 e. The van der Waals surface area contributed by atoms with E-state index in [1.54, 1.807) is 18.2 Å². The molecule has 0 radical (unpaired) electrons. The van der Waals surface area contributed by atoms with Gasteiger partial charge in [0.1, 0.15) is 5.82 Å². The number of carbonyl (C=O) groups excluding carboxylic acids is 1. The minimum Gasteiger partial charge on any atom is -0.480 e. The number of piperidine rings is 1. The maximum absolute atomic E-state index is 14.2. The highest BCUT2D eigenvalue weighted by Gasteiger charge is 2.54. The Morgan fingerprint density at radius 2 is 1.92 bits per heavy atom. The van der Waals surface area contributed by atoms with E-state index in [9.17, 15) is 14.0 Å². The number of likely N-dealkylation sites (N-methyl/N-ethyl adjacent to an activating group) is 1. The second-order valence-electron chi connectivity index (χ2n) is 7.04. The molecule has 2 fully saturated rings. The van der Waals surface area contributed by atoms with Crippen molar-refractivity contribution in [3.8, 4) is 0 Å². The van der Waals surface area contributed by atoms with Gasteiger partial charge in [-0.3, -0.25) is 14.5 Å². The molecule has 1 aromatic carbocycles. The number of carboxylic acids is 1. The normalized spacial score (nSPS) is 19.9. The minimum absolute atomic E-state index is 0.0253. The van der Waals surface area contributed by atoms with Crippen molar-refractivity contribution in [1.29, 1.82) is 0 Å². The van der Waals surface area contributed by atoms with E-state index in [-0.39, 0.29) is 24.3 Å². The van der Waals surface area contributed by atoms with Crippen LogP contribution in [0.25, 0.3) is 0 Å². The summed E-state index contributed by atoms with van der Waals surface area (Å²) in [6, 6.07) is 6.75. The molecule has 0 bridgehead atoms. The Balaban J connectivity index is 1.64. The van der Waals surface area contributed by atoms with Crippen LogP contribution in [0.2, 0.25) is 0 Å². The second-order valence-corrected chi connectivity index (χ2v) is 7.04. The Kier molecular flexibility index (Phi) is 5.08. The first-order valence-electron chi connectivity index (χ1n) is 8.98. The van der Waals surface area contributed by atoms with Crippen LogP contribution >= 0.6 is 0 Å². The molecule has 2 aliphatic rings. The summed E-state index contributed by atoms with van der Waals surface area (Å²) in [6.07, 6.45) is 2.93. The molecular weight excluding hydrogens is 323 g/mol. The first kappa shape index (κ1) is 17.9. The molecule has 1 amide bonds. The van der Waals surface area contributed by atoms with E-state index in [4.69, 9.17) is 5.11 Å². The molecule has 6 heteroatoms. The molecule has 0 spiro atoms. The number of amides is 1. The SMILES string of the molecule is CCN(CC(=O)O)C1CCN(C(=O)C2(c3ccccc3F)CC2)CC1. The molecule has 5 nitrogen and oxygen atoms in total. The third-order valence-corrected chi connectivity index (χ3v) is 5.56. The number of aliphatic carboxylic acids is 1. The molecule has 25 heavy (non-hydrogen) atoms. The van der Waals surface area contributed by atoms with Gasteiger partial charge in [0.25, 0.3) is 0 Å². The first-order chi connectivity index (χ1) is 12.0. The van der Waals surface area contributed by atoms with Crippen molar-refractivity contribution >= 4 is 11.9 Å². The monoisotopic (exact) mass is 348 g/mol. The Bertz CT molecular complexity index is 652. The fourth-order valence-corrected chi connectivity index (χ4v) is 3.98. The second kappa shape index (κ2) is 7.12. The molecule has 136 valence electrons. The molecule has 0 unspecified atom stereocenters. The summed E-state index contributed by atoms with van der Waals surface area (Å²) < 4.78 is 14.2. The van der Waals surface area contributed by atoms with Crippen LogP contribution < -0.4 is 0 Å². The van der Waals surface area contributed by atoms with Crippen molar-refractivity contribution in [1.82, 2.24) is 9.80 Å². The number of carbonyl (C=O) groups is 2. The lowest BCUT2D eigenvalue weighted by Gasteiger charge is -2.38. The van der Waals surface area contributed by atoms with Gasteiger partial charge in [0.05, 0.1) is 12.0 Å². The molecule has 0 atom stereocenters. The molecule has 0 aromatic heterocycles. The Hall–Kier alpha value is -1.95. The van der Waals surface area contributed by atoms with Gasteiger partial charge in [0, 0.05) is 24.7 Å². The summed E-state index contributed by atoms with van der Waals surface area (Å²) in [6.45, 7) is 3.89. The molecule has 3 rings (SSSR count). The number of carboxylic acid groups (broad SMARTS) is 1. The van der Waals surface area contributed by atoms with Gasteiger partial charge in [0.2, 0.25) is 5.91 Å². The largest absolute Gasteiger partial charge is 0.480 e. The fraction of sp³-hybridized carbons (Fsp3) is 0.579. The maximum Gasteiger partial charge on any atom is 0.317 e. The minimum atomic E-state index is -0.822. The average Bonchev–Trinajstić information content (AvgIpc) is 3.41. The number of nitrogens with zero attached hydrogens (tertiary/aromatic N) is 2. The zero-order valence-corrected chi connectivity index (χ0v) is 14.6. The molecule has 1 aliphatic carbocycles. The lowest BCUT2D eigenvalue weighted by Crippen LogP contribution is -2.50. The highest BCUT2D eigenvalue weighted by Crippen LogP contribution is 2.50. The summed E-state index contributed by atoms with van der Waals surface area (Å²) in [5.41, 5.74) is -0.160. The van der Waals surface area contributed by atoms with Crippen LogP contribution in [0.5, 0.6) is 0 Å². The van der Waals surface area contributed by atoms with Crippen LogP contribution in [0, 0.1) is 5.82 Å². The van der Waals surface area contributed by atoms with Crippen LogP contribution in [0.1, 0.15) is 38.2 Å². The first-order valence-corrected chi connectivity index (χ1v) is 8.98. The average molecular weight is 348 g/mol. The van der Waals surface area contributed by atoms with Crippen LogP contribution in [-0.4, -0.2) is 59.0 Å². The number of rotatable bonds is 6. The van der Waals surface area contributed by atoms with Crippen molar-refractivity contribution in [2.45, 2.75) is 44.1 Å². The zero-order chi connectivity index (χ0) is 18.0.